The van der Waals surface area contributed by atoms with Gasteiger partial charge in [-0.2, -0.15) is 15.4 Å². The normalized spacial score (nSPS) is 10.4. The molecule has 18 heavy (non-hydrogen) atoms. The van der Waals surface area contributed by atoms with Crippen LogP contribution in [0, 0.1) is 0 Å². The molecule has 1 amide bonds. The van der Waals surface area contributed by atoms with Gasteiger partial charge in [0.1, 0.15) is 0 Å². The number of aromatic nitrogens is 3. The minimum atomic E-state index is -0.279. The lowest BCUT2D eigenvalue weighted by Gasteiger charge is -2.04. The summed E-state index contributed by atoms with van der Waals surface area (Å²) in [6.45, 7) is 0. The summed E-state index contributed by atoms with van der Waals surface area (Å²) in [5.74, 6) is -0.279. The smallest absolute Gasteiger partial charge is 0.277 e. The predicted molar refractivity (Wildman–Crippen MR) is 68.3 cm³/mol. The van der Waals surface area contributed by atoms with Crippen molar-refractivity contribution in [1.82, 2.24) is 15.4 Å². The average Bonchev–Trinajstić information content (AvgIpc) is 2.92. The summed E-state index contributed by atoms with van der Waals surface area (Å²) in [6.07, 6.45) is 1.39. The number of carbonyl (C=O) groups is 1. The van der Waals surface area contributed by atoms with Gasteiger partial charge >= 0.3 is 0 Å². The standard InChI is InChI=1S/C13H10N4O/c18-13(12-8-14-17-16-12)15-11-6-5-9-3-1-2-4-10(9)7-11/h1-8H,(H,15,18)(H,14,16,17). The van der Waals surface area contributed by atoms with Crippen molar-refractivity contribution in [3.8, 4) is 0 Å². The molecule has 0 unspecified atom stereocenters. The van der Waals surface area contributed by atoms with Gasteiger partial charge in [-0.3, -0.25) is 4.79 Å². The van der Waals surface area contributed by atoms with Crippen molar-refractivity contribution in [2.24, 2.45) is 0 Å². The van der Waals surface area contributed by atoms with Gasteiger partial charge in [0.05, 0.1) is 6.20 Å². The summed E-state index contributed by atoms with van der Waals surface area (Å²) in [5, 5.41) is 14.7. The number of hydrogen-bond acceptors (Lipinski definition) is 3. The summed E-state index contributed by atoms with van der Waals surface area (Å²) in [4.78, 5) is 11.8. The second-order valence-electron chi connectivity index (χ2n) is 3.87. The number of nitrogens with zero attached hydrogens (tertiary/aromatic N) is 2. The van der Waals surface area contributed by atoms with Gasteiger partial charge in [-0.15, -0.1) is 0 Å². The Balaban J connectivity index is 1.89. The Morgan fingerprint density at radius 2 is 1.94 bits per heavy atom. The van der Waals surface area contributed by atoms with Crippen molar-refractivity contribution < 1.29 is 4.79 Å². The third kappa shape index (κ3) is 1.93. The monoisotopic (exact) mass is 238 g/mol. The number of nitrogens with one attached hydrogen (secondary N) is 2. The molecular weight excluding hydrogens is 228 g/mol. The Hall–Kier alpha value is -2.69. The highest BCUT2D eigenvalue weighted by Gasteiger charge is 2.08. The minimum Gasteiger partial charge on any atom is -0.321 e. The Kier molecular flexibility index (Phi) is 2.49. The molecule has 2 aromatic carbocycles. The highest BCUT2D eigenvalue weighted by molar-refractivity contribution is 6.03. The van der Waals surface area contributed by atoms with Gasteiger partial charge in [-0.1, -0.05) is 30.3 Å². The number of anilines is 1. The zero-order valence-electron chi connectivity index (χ0n) is 9.42. The molecule has 0 aliphatic heterocycles. The number of benzene rings is 2. The number of fused-ring (bicyclic) bond motifs is 1. The zero-order valence-corrected chi connectivity index (χ0v) is 9.42. The molecule has 5 nitrogen and oxygen atoms in total. The molecule has 1 aromatic heterocycles. The SMILES string of the molecule is O=C(Nc1ccc2ccccc2c1)c1cn[nH]n1. The van der Waals surface area contributed by atoms with Crippen LogP contribution in [0.25, 0.3) is 10.8 Å². The van der Waals surface area contributed by atoms with E-state index in [1.807, 2.05) is 42.5 Å². The number of hydrogen-bond donors (Lipinski definition) is 2. The van der Waals surface area contributed by atoms with Crippen LogP contribution in [0.4, 0.5) is 5.69 Å². The van der Waals surface area contributed by atoms with E-state index in [0.29, 0.717) is 0 Å². The number of carbonyl (C=O) groups excluding carboxylic acids is 1. The number of aromatic amines is 1. The highest BCUT2D eigenvalue weighted by atomic mass is 16.2. The molecule has 0 radical (unpaired) electrons. The molecule has 2 N–H and O–H groups in total. The van der Waals surface area contributed by atoms with E-state index >= 15 is 0 Å². The van der Waals surface area contributed by atoms with E-state index in [-0.39, 0.29) is 11.6 Å². The molecule has 0 aliphatic carbocycles. The zero-order chi connectivity index (χ0) is 12.4. The molecule has 0 saturated heterocycles. The fourth-order valence-electron chi connectivity index (χ4n) is 1.77. The predicted octanol–water partition coefficient (Wildman–Crippen LogP) is 2.21. The van der Waals surface area contributed by atoms with Crippen LogP contribution in [0.5, 0.6) is 0 Å². The van der Waals surface area contributed by atoms with Gasteiger partial charge in [0.2, 0.25) is 0 Å². The minimum absolute atomic E-state index is 0.267. The van der Waals surface area contributed by atoms with Crippen LogP contribution < -0.4 is 5.32 Å². The van der Waals surface area contributed by atoms with Crippen LogP contribution in [0.1, 0.15) is 10.5 Å². The Labute approximate surface area is 103 Å². The van der Waals surface area contributed by atoms with E-state index in [1.54, 1.807) is 0 Å². The lowest BCUT2D eigenvalue weighted by atomic mass is 10.1. The fraction of sp³-hybridized carbons (Fsp3) is 0. The second-order valence-corrected chi connectivity index (χ2v) is 3.87. The summed E-state index contributed by atoms with van der Waals surface area (Å²) >= 11 is 0. The molecule has 3 rings (SSSR count). The van der Waals surface area contributed by atoms with E-state index < -0.39 is 0 Å². The van der Waals surface area contributed by atoms with Crippen LogP contribution in [0.3, 0.4) is 0 Å². The third-order valence-electron chi connectivity index (χ3n) is 2.65. The second kappa shape index (κ2) is 4.29. The first-order valence-corrected chi connectivity index (χ1v) is 5.49. The van der Waals surface area contributed by atoms with Crippen LogP contribution in [-0.4, -0.2) is 21.3 Å². The summed E-state index contributed by atoms with van der Waals surface area (Å²) < 4.78 is 0. The van der Waals surface area contributed by atoms with E-state index in [1.165, 1.54) is 6.20 Å². The van der Waals surface area contributed by atoms with Crippen molar-refractivity contribution in [2.45, 2.75) is 0 Å². The largest absolute Gasteiger partial charge is 0.321 e. The lowest BCUT2D eigenvalue weighted by molar-refractivity contribution is 0.102. The maximum absolute atomic E-state index is 11.8. The first kappa shape index (κ1) is 10.5. The number of H-pyrrole nitrogens is 1. The van der Waals surface area contributed by atoms with Crippen molar-refractivity contribution in [3.63, 3.8) is 0 Å². The van der Waals surface area contributed by atoms with Gasteiger partial charge in [0.15, 0.2) is 5.69 Å². The van der Waals surface area contributed by atoms with Gasteiger partial charge in [-0.05, 0) is 22.9 Å². The quantitative estimate of drug-likeness (QED) is 0.719. The molecule has 0 saturated carbocycles. The number of amides is 1. The topological polar surface area (TPSA) is 70.7 Å². The Morgan fingerprint density at radius 1 is 1.11 bits per heavy atom. The van der Waals surface area contributed by atoms with Crippen molar-refractivity contribution >= 4 is 22.4 Å². The van der Waals surface area contributed by atoms with Crippen LogP contribution in [-0.2, 0) is 0 Å². The molecule has 0 aliphatic rings. The average molecular weight is 238 g/mol. The molecule has 3 aromatic rings. The third-order valence-corrected chi connectivity index (χ3v) is 2.65. The van der Waals surface area contributed by atoms with Gasteiger partial charge in [0, 0.05) is 5.69 Å². The molecule has 88 valence electrons. The van der Waals surface area contributed by atoms with E-state index in [9.17, 15) is 4.79 Å². The van der Waals surface area contributed by atoms with E-state index in [2.05, 4.69) is 20.7 Å². The Bertz CT molecular complexity index is 691. The summed E-state index contributed by atoms with van der Waals surface area (Å²) in [5.41, 5.74) is 1.00. The lowest BCUT2D eigenvalue weighted by Crippen LogP contribution is -2.12. The van der Waals surface area contributed by atoms with Crippen LogP contribution in [0.15, 0.2) is 48.7 Å². The van der Waals surface area contributed by atoms with Crippen LogP contribution in [0.2, 0.25) is 0 Å². The molecule has 0 fully saturated rings. The first-order valence-electron chi connectivity index (χ1n) is 5.49. The van der Waals surface area contributed by atoms with E-state index in [0.717, 1.165) is 16.5 Å². The van der Waals surface area contributed by atoms with Crippen molar-refractivity contribution in [3.05, 3.63) is 54.4 Å². The van der Waals surface area contributed by atoms with Gasteiger partial charge in [0.25, 0.3) is 5.91 Å². The number of rotatable bonds is 2. The first-order chi connectivity index (χ1) is 8.83. The fourth-order valence-corrected chi connectivity index (χ4v) is 1.77. The van der Waals surface area contributed by atoms with Gasteiger partial charge < -0.3 is 5.32 Å². The maximum atomic E-state index is 11.8. The van der Waals surface area contributed by atoms with E-state index in [4.69, 9.17) is 0 Å². The van der Waals surface area contributed by atoms with Crippen LogP contribution >= 0.6 is 0 Å². The summed E-state index contributed by atoms with van der Waals surface area (Å²) in [6, 6.07) is 13.7. The Morgan fingerprint density at radius 3 is 2.72 bits per heavy atom. The van der Waals surface area contributed by atoms with Crippen molar-refractivity contribution in [2.75, 3.05) is 5.32 Å². The highest BCUT2D eigenvalue weighted by Crippen LogP contribution is 2.19. The molecule has 0 bridgehead atoms. The maximum Gasteiger partial charge on any atom is 0.277 e. The summed E-state index contributed by atoms with van der Waals surface area (Å²) in [7, 11) is 0. The van der Waals surface area contributed by atoms with Crippen molar-refractivity contribution in [1.29, 1.82) is 0 Å². The molecule has 0 spiro atoms. The molecule has 5 heteroatoms. The molecule has 1 heterocycles. The van der Waals surface area contributed by atoms with Gasteiger partial charge in [-0.25, -0.2) is 0 Å². The molecular formula is C13H10N4O. The molecule has 0 atom stereocenters.